The van der Waals surface area contributed by atoms with Gasteiger partial charge in [-0.2, -0.15) is 23.5 Å². The molecule has 48 heavy (non-hydrogen) atoms. The molecule has 0 unspecified atom stereocenters. The van der Waals surface area contributed by atoms with Gasteiger partial charge in [0.05, 0.1) is 16.1 Å². The molecule has 2 atom stereocenters. The van der Waals surface area contributed by atoms with Gasteiger partial charge in [-0.3, -0.25) is 0 Å². The van der Waals surface area contributed by atoms with Crippen LogP contribution in [0, 0.1) is 13.8 Å². The number of aryl methyl sites for hydroxylation is 2. The average Bonchev–Trinajstić information content (AvgIpc) is 2.95. The summed E-state index contributed by atoms with van der Waals surface area (Å²) in [6, 6.07) is 9.19. The van der Waals surface area contributed by atoms with Crippen LogP contribution in [-0.2, 0) is 11.5 Å². The van der Waals surface area contributed by atoms with Crippen LogP contribution in [0.15, 0.2) is 24.3 Å². The average molecular weight is 729 g/mol. The van der Waals surface area contributed by atoms with E-state index < -0.39 is 16.1 Å². The maximum absolute atomic E-state index is 12.0. The summed E-state index contributed by atoms with van der Waals surface area (Å²) in [6.07, 6.45) is 7.70. The molecule has 2 N–H and O–H groups in total. The van der Waals surface area contributed by atoms with Gasteiger partial charge >= 0.3 is 0 Å². The smallest absolute Gasteiger partial charge is 0.118 e. The molecule has 1 aliphatic carbocycles. The summed E-state index contributed by atoms with van der Waals surface area (Å²) in [5, 5.41) is 27.7. The third kappa shape index (κ3) is 8.44. The number of phenolic OH excluding ortho intramolecular Hbond substituents is 2. The molecular formula is C42H72O2S2Si2. The molecule has 2 nitrogen and oxygen atoms in total. The Morgan fingerprint density at radius 1 is 0.521 bits per heavy atom. The van der Waals surface area contributed by atoms with Crippen molar-refractivity contribution >= 4 is 50.0 Å². The summed E-state index contributed by atoms with van der Waals surface area (Å²) in [6.45, 7) is 33.2. The van der Waals surface area contributed by atoms with Crippen molar-refractivity contribution in [3.8, 4) is 11.5 Å². The fourth-order valence-electron chi connectivity index (χ4n) is 10.6. The number of hydrogen-bond acceptors (Lipinski definition) is 4. The lowest BCUT2D eigenvalue weighted by Gasteiger charge is -2.44. The lowest BCUT2D eigenvalue weighted by atomic mass is 10.00. The Hall–Kier alpha value is -0.826. The van der Waals surface area contributed by atoms with Crippen molar-refractivity contribution in [2.45, 2.75) is 191 Å². The van der Waals surface area contributed by atoms with Gasteiger partial charge in [0.1, 0.15) is 11.5 Å². The maximum Gasteiger partial charge on any atom is 0.118 e. The first kappa shape index (κ1) is 41.6. The molecule has 0 saturated heterocycles. The highest BCUT2D eigenvalue weighted by Gasteiger charge is 2.47. The van der Waals surface area contributed by atoms with E-state index in [0.717, 1.165) is 22.6 Å². The first-order valence-corrected chi connectivity index (χ1v) is 25.9. The van der Waals surface area contributed by atoms with Crippen LogP contribution in [-0.4, -0.2) is 36.9 Å². The van der Waals surface area contributed by atoms with Crippen LogP contribution in [0.1, 0.15) is 144 Å². The van der Waals surface area contributed by atoms with Crippen molar-refractivity contribution in [1.82, 2.24) is 0 Å². The zero-order chi connectivity index (χ0) is 36.1. The summed E-state index contributed by atoms with van der Waals surface area (Å²) in [5.41, 5.74) is 8.21. The summed E-state index contributed by atoms with van der Waals surface area (Å²) >= 11 is 4.18. The van der Waals surface area contributed by atoms with E-state index >= 15 is 0 Å². The molecule has 0 aliphatic heterocycles. The topological polar surface area (TPSA) is 40.5 Å². The highest BCUT2D eigenvalue weighted by atomic mass is 32.2. The monoisotopic (exact) mass is 728 g/mol. The van der Waals surface area contributed by atoms with E-state index in [4.69, 9.17) is 0 Å². The minimum Gasteiger partial charge on any atom is -0.508 e. The van der Waals surface area contributed by atoms with Crippen LogP contribution in [0.2, 0.25) is 33.2 Å². The molecule has 1 aliphatic rings. The fraction of sp³-hybridized carbons (Fsp3) is 0.714. The molecule has 0 heterocycles. The molecule has 0 amide bonds. The first-order valence-electron chi connectivity index (χ1n) is 19.3. The highest BCUT2D eigenvalue weighted by Crippen LogP contribution is 2.46. The molecule has 2 aromatic rings. The maximum atomic E-state index is 12.0. The zero-order valence-electron chi connectivity index (χ0n) is 33.3. The van der Waals surface area contributed by atoms with E-state index in [2.05, 4.69) is 145 Å². The van der Waals surface area contributed by atoms with Crippen LogP contribution >= 0.6 is 23.5 Å². The second-order valence-electron chi connectivity index (χ2n) is 17.1. The Morgan fingerprint density at radius 3 is 1.08 bits per heavy atom. The Bertz CT molecular complexity index is 1190. The number of hydrogen-bond donors (Lipinski definition) is 2. The zero-order valence-corrected chi connectivity index (χ0v) is 36.9. The second-order valence-corrected chi connectivity index (χ2v) is 31.3. The van der Waals surface area contributed by atoms with E-state index in [1.807, 2.05) is 0 Å². The highest BCUT2D eigenvalue weighted by molar-refractivity contribution is 8.03. The Balaban J connectivity index is 1.94. The van der Waals surface area contributed by atoms with Gasteiger partial charge in [0.2, 0.25) is 0 Å². The lowest BCUT2D eigenvalue weighted by molar-refractivity contribution is 0.473. The molecule has 1 fully saturated rings. The van der Waals surface area contributed by atoms with Crippen LogP contribution < -0.4 is 10.4 Å². The normalized spacial score (nSPS) is 18.5. The number of benzene rings is 2. The second kappa shape index (κ2) is 17.6. The van der Waals surface area contributed by atoms with E-state index in [1.165, 1.54) is 60.0 Å². The van der Waals surface area contributed by atoms with Crippen LogP contribution in [0.4, 0.5) is 0 Å². The largest absolute Gasteiger partial charge is 0.508 e. The third-order valence-electron chi connectivity index (χ3n) is 12.4. The molecule has 0 bridgehead atoms. The van der Waals surface area contributed by atoms with E-state index in [9.17, 15) is 10.2 Å². The summed E-state index contributed by atoms with van der Waals surface area (Å²) in [4.78, 5) is 0. The minimum absolute atomic E-state index is 0.544. The van der Waals surface area contributed by atoms with Gasteiger partial charge in [0, 0.05) is 33.1 Å². The molecule has 272 valence electrons. The fourth-order valence-corrected chi connectivity index (χ4v) is 27.5. The van der Waals surface area contributed by atoms with E-state index in [1.54, 1.807) is 0 Å². The van der Waals surface area contributed by atoms with Crippen LogP contribution in [0.3, 0.4) is 0 Å². The predicted molar refractivity (Wildman–Crippen MR) is 225 cm³/mol. The molecule has 0 aromatic heterocycles. The summed E-state index contributed by atoms with van der Waals surface area (Å²) in [7, 11) is -3.98. The summed E-state index contributed by atoms with van der Waals surface area (Å²) < 4.78 is 0. The van der Waals surface area contributed by atoms with Crippen molar-refractivity contribution in [3.63, 3.8) is 0 Å². The number of phenols is 2. The Labute approximate surface area is 307 Å². The number of rotatable bonds is 14. The SMILES string of the molecule is Cc1cc(CS[C@H]2CCCCCC[C@@H]2SCc2cc(C)cc([Si](C(C)C)(C(C)C)C(C)C)c2O)c(O)c([Si](C(C)C)(C(C)C)C(C)C)c1. The van der Waals surface area contributed by atoms with Gasteiger partial charge in [-0.05, 0) is 70.3 Å². The lowest BCUT2D eigenvalue weighted by Crippen LogP contribution is -2.55. The number of aromatic hydroxyl groups is 2. The minimum atomic E-state index is -1.99. The van der Waals surface area contributed by atoms with Gasteiger partial charge in [-0.25, -0.2) is 0 Å². The van der Waals surface area contributed by atoms with Crippen molar-refractivity contribution in [3.05, 3.63) is 46.5 Å². The molecule has 0 spiro atoms. The molecular weight excluding hydrogens is 657 g/mol. The summed E-state index contributed by atoms with van der Waals surface area (Å²) in [5.74, 6) is 2.92. The quantitative estimate of drug-likeness (QED) is 0.190. The molecule has 1 saturated carbocycles. The van der Waals surface area contributed by atoms with E-state index in [-0.39, 0.29) is 0 Å². The van der Waals surface area contributed by atoms with Gasteiger partial charge in [0.15, 0.2) is 0 Å². The van der Waals surface area contributed by atoms with Crippen molar-refractivity contribution < 1.29 is 10.2 Å². The third-order valence-corrected chi connectivity index (χ3v) is 29.6. The van der Waals surface area contributed by atoms with Gasteiger partial charge in [0.25, 0.3) is 0 Å². The number of thioether (sulfide) groups is 2. The molecule has 3 rings (SSSR count). The Morgan fingerprint density at radius 2 is 0.812 bits per heavy atom. The van der Waals surface area contributed by atoms with Crippen molar-refractivity contribution in [1.29, 1.82) is 0 Å². The predicted octanol–water partition coefficient (Wildman–Crippen LogP) is 12.7. The first-order chi connectivity index (χ1) is 22.4. The molecule has 2 aromatic carbocycles. The Kier molecular flexibility index (Phi) is 15.2. The molecule has 0 radical (unpaired) electrons. The van der Waals surface area contributed by atoms with Gasteiger partial charge < -0.3 is 10.2 Å². The van der Waals surface area contributed by atoms with Crippen molar-refractivity contribution in [2.24, 2.45) is 0 Å². The van der Waals surface area contributed by atoms with Crippen LogP contribution in [0.25, 0.3) is 0 Å². The van der Waals surface area contributed by atoms with Gasteiger partial charge in [-0.1, -0.05) is 144 Å². The van der Waals surface area contributed by atoms with Crippen molar-refractivity contribution in [2.75, 3.05) is 0 Å². The van der Waals surface area contributed by atoms with E-state index in [0.29, 0.717) is 55.2 Å². The molecule has 6 heteroatoms. The standard InChI is InChI=1S/C42H72O2S2Si2/c1-27(2)47(28(3)4,29(5)6)39-23-33(13)21-35(41(39)43)25-45-37-19-17-15-16-18-20-38(37)46-26-36-22-34(14)24-40(42(36)44)48(30(7)8,31(9)10)32(11)12/h21-24,27-32,37-38,43-44H,15-20,25-26H2,1-14H3/t37-,38-/m0/s1. The van der Waals surface area contributed by atoms with Gasteiger partial charge in [-0.15, -0.1) is 0 Å². The van der Waals surface area contributed by atoms with Crippen LogP contribution in [0.5, 0.6) is 11.5 Å².